The number of hydrogen-bond donors (Lipinski definition) is 1. The third kappa shape index (κ3) is 4.51. The van der Waals surface area contributed by atoms with Crippen LogP contribution in [0.1, 0.15) is 23.2 Å². The minimum absolute atomic E-state index is 0.0268. The number of carbonyl (C=O) groups excluding carboxylic acids is 1. The molecule has 0 radical (unpaired) electrons. The highest BCUT2D eigenvalue weighted by atomic mass is 32.2. The van der Waals surface area contributed by atoms with Crippen molar-refractivity contribution in [3.05, 3.63) is 29.8 Å². The summed E-state index contributed by atoms with van der Waals surface area (Å²) in [4.78, 5) is 13.2. The highest BCUT2D eigenvalue weighted by molar-refractivity contribution is 7.99. The Hall–Kier alpha value is -1.04. The summed E-state index contributed by atoms with van der Waals surface area (Å²) >= 11 is 1.64. The molecule has 1 amide bonds. The van der Waals surface area contributed by atoms with Gasteiger partial charge < -0.3 is 14.8 Å². The normalized spacial score (nSPS) is 18.1. The number of rotatable bonds is 7. The largest absolute Gasteiger partial charge is 0.384 e. The quantitative estimate of drug-likeness (QED) is 0.619. The molecule has 20 heavy (non-hydrogen) atoms. The van der Waals surface area contributed by atoms with E-state index in [2.05, 4.69) is 5.32 Å². The molecule has 1 N–H and O–H groups in total. The van der Waals surface area contributed by atoms with E-state index in [1.54, 1.807) is 18.9 Å². The van der Waals surface area contributed by atoms with E-state index in [1.165, 1.54) is 0 Å². The molecule has 1 fully saturated rings. The van der Waals surface area contributed by atoms with Crippen LogP contribution in [-0.2, 0) is 9.47 Å². The molecule has 0 unspecified atom stereocenters. The number of ether oxygens (including phenoxy) is 2. The van der Waals surface area contributed by atoms with Crippen LogP contribution in [0.15, 0.2) is 29.2 Å². The molecular formula is C15H21NO3S. The van der Waals surface area contributed by atoms with Crippen molar-refractivity contribution in [2.24, 2.45) is 0 Å². The molecule has 0 bridgehead atoms. The molecule has 1 atom stereocenters. The monoisotopic (exact) mass is 295 g/mol. The van der Waals surface area contributed by atoms with Gasteiger partial charge in [-0.25, -0.2) is 0 Å². The van der Waals surface area contributed by atoms with Crippen LogP contribution in [-0.4, -0.2) is 44.6 Å². The number of carbonyl (C=O) groups is 1. The second kappa shape index (κ2) is 8.29. The Labute approximate surface area is 124 Å². The number of hydrogen-bond acceptors (Lipinski definition) is 4. The summed E-state index contributed by atoms with van der Waals surface area (Å²) < 4.78 is 10.6. The van der Waals surface area contributed by atoms with Crippen LogP contribution in [0.25, 0.3) is 0 Å². The summed E-state index contributed by atoms with van der Waals surface area (Å²) in [6.07, 6.45) is 2.29. The van der Waals surface area contributed by atoms with Gasteiger partial charge >= 0.3 is 0 Å². The van der Waals surface area contributed by atoms with E-state index < -0.39 is 0 Å². The molecule has 1 aliphatic heterocycles. The smallest absolute Gasteiger partial charge is 0.252 e. The summed E-state index contributed by atoms with van der Waals surface area (Å²) in [5.74, 6) is 0.813. The molecule has 0 saturated carbocycles. The fraction of sp³-hybridized carbons (Fsp3) is 0.533. The van der Waals surface area contributed by atoms with Gasteiger partial charge in [-0.1, -0.05) is 12.1 Å². The lowest BCUT2D eigenvalue weighted by Crippen LogP contribution is -2.32. The number of methoxy groups -OCH3 is 1. The maximum atomic E-state index is 12.2. The first-order valence-electron chi connectivity index (χ1n) is 6.92. The van der Waals surface area contributed by atoms with Gasteiger partial charge in [0.2, 0.25) is 0 Å². The fourth-order valence-electron chi connectivity index (χ4n) is 2.12. The minimum atomic E-state index is -0.0268. The van der Waals surface area contributed by atoms with E-state index in [0.29, 0.717) is 13.2 Å². The molecule has 0 aliphatic carbocycles. The molecule has 4 nitrogen and oxygen atoms in total. The number of nitrogens with one attached hydrogen (secondary N) is 1. The van der Waals surface area contributed by atoms with E-state index in [9.17, 15) is 4.79 Å². The Morgan fingerprint density at radius 2 is 2.35 bits per heavy atom. The lowest BCUT2D eigenvalue weighted by Gasteiger charge is -2.12. The van der Waals surface area contributed by atoms with Crippen molar-refractivity contribution in [3.8, 4) is 0 Å². The molecule has 5 heteroatoms. The number of benzene rings is 1. The van der Waals surface area contributed by atoms with Crippen LogP contribution in [0.4, 0.5) is 0 Å². The van der Waals surface area contributed by atoms with Crippen molar-refractivity contribution in [3.63, 3.8) is 0 Å². The summed E-state index contributed by atoms with van der Waals surface area (Å²) in [5.41, 5.74) is 0.728. The predicted molar refractivity (Wildman–Crippen MR) is 80.3 cm³/mol. The molecule has 1 aromatic rings. The molecule has 2 rings (SSSR count). The Bertz CT molecular complexity index is 433. The Morgan fingerprint density at radius 1 is 1.50 bits per heavy atom. The van der Waals surface area contributed by atoms with Gasteiger partial charge in [0.25, 0.3) is 5.91 Å². The lowest BCUT2D eigenvalue weighted by atomic mass is 10.2. The van der Waals surface area contributed by atoms with Crippen LogP contribution < -0.4 is 5.32 Å². The van der Waals surface area contributed by atoms with Gasteiger partial charge in [-0.05, 0) is 25.0 Å². The molecule has 0 spiro atoms. The van der Waals surface area contributed by atoms with Crippen LogP contribution in [0.5, 0.6) is 0 Å². The Kier molecular flexibility index (Phi) is 6.36. The van der Waals surface area contributed by atoms with Crippen LogP contribution in [0.2, 0.25) is 0 Å². The van der Waals surface area contributed by atoms with Crippen molar-refractivity contribution < 1.29 is 14.3 Å². The SMILES string of the molecule is COCCSc1ccccc1C(=O)NC[C@@H]1CCCO1. The van der Waals surface area contributed by atoms with E-state index >= 15 is 0 Å². The minimum Gasteiger partial charge on any atom is -0.384 e. The highest BCUT2D eigenvalue weighted by Gasteiger charge is 2.17. The van der Waals surface area contributed by atoms with E-state index in [-0.39, 0.29) is 12.0 Å². The van der Waals surface area contributed by atoms with Crippen LogP contribution >= 0.6 is 11.8 Å². The summed E-state index contributed by atoms with van der Waals surface area (Å²) in [6, 6.07) is 7.68. The summed E-state index contributed by atoms with van der Waals surface area (Å²) in [7, 11) is 1.68. The molecule has 1 saturated heterocycles. The van der Waals surface area contributed by atoms with E-state index in [0.717, 1.165) is 35.7 Å². The van der Waals surface area contributed by atoms with E-state index in [4.69, 9.17) is 9.47 Å². The Balaban J connectivity index is 1.90. The van der Waals surface area contributed by atoms with Gasteiger partial charge in [0.1, 0.15) is 0 Å². The first-order valence-corrected chi connectivity index (χ1v) is 7.90. The van der Waals surface area contributed by atoms with Crippen molar-refractivity contribution in [1.82, 2.24) is 5.32 Å². The van der Waals surface area contributed by atoms with Gasteiger partial charge in [-0.15, -0.1) is 11.8 Å². The second-order valence-corrected chi connectivity index (χ2v) is 5.82. The topological polar surface area (TPSA) is 47.6 Å². The highest BCUT2D eigenvalue weighted by Crippen LogP contribution is 2.22. The zero-order valence-electron chi connectivity index (χ0n) is 11.8. The maximum Gasteiger partial charge on any atom is 0.252 e. The molecular weight excluding hydrogens is 274 g/mol. The summed E-state index contributed by atoms with van der Waals surface area (Å²) in [6.45, 7) is 2.08. The average molecular weight is 295 g/mol. The van der Waals surface area contributed by atoms with Gasteiger partial charge in [-0.3, -0.25) is 4.79 Å². The van der Waals surface area contributed by atoms with Gasteiger partial charge in [0.05, 0.1) is 18.3 Å². The zero-order chi connectivity index (χ0) is 14.2. The molecule has 1 aromatic carbocycles. The van der Waals surface area contributed by atoms with E-state index in [1.807, 2.05) is 24.3 Å². The van der Waals surface area contributed by atoms with Crippen molar-refractivity contribution >= 4 is 17.7 Å². The molecule has 110 valence electrons. The first kappa shape index (κ1) is 15.4. The predicted octanol–water partition coefficient (Wildman–Crippen LogP) is 2.33. The van der Waals surface area contributed by atoms with Crippen LogP contribution in [0.3, 0.4) is 0 Å². The summed E-state index contributed by atoms with van der Waals surface area (Å²) in [5, 5.41) is 2.96. The molecule has 0 aromatic heterocycles. The number of thioether (sulfide) groups is 1. The van der Waals surface area contributed by atoms with Crippen molar-refractivity contribution in [1.29, 1.82) is 0 Å². The Morgan fingerprint density at radius 3 is 3.10 bits per heavy atom. The molecule has 1 aliphatic rings. The lowest BCUT2D eigenvalue weighted by molar-refractivity contribution is 0.0855. The second-order valence-electron chi connectivity index (χ2n) is 4.68. The van der Waals surface area contributed by atoms with Gasteiger partial charge in [0.15, 0.2) is 0 Å². The standard InChI is InChI=1S/C15H21NO3S/c1-18-9-10-20-14-7-3-2-6-13(14)15(17)16-11-12-5-4-8-19-12/h2-3,6-7,12H,4-5,8-11H2,1H3,(H,16,17)/t12-/m0/s1. The average Bonchev–Trinajstić information content (AvgIpc) is 2.99. The van der Waals surface area contributed by atoms with Gasteiger partial charge in [-0.2, -0.15) is 0 Å². The number of amides is 1. The fourth-order valence-corrected chi connectivity index (χ4v) is 3.08. The third-order valence-electron chi connectivity index (χ3n) is 3.19. The first-order chi connectivity index (χ1) is 9.81. The van der Waals surface area contributed by atoms with Crippen molar-refractivity contribution in [2.75, 3.05) is 32.6 Å². The maximum absolute atomic E-state index is 12.2. The van der Waals surface area contributed by atoms with Gasteiger partial charge in [0, 0.05) is 30.9 Å². The van der Waals surface area contributed by atoms with Crippen LogP contribution in [0, 0.1) is 0 Å². The zero-order valence-corrected chi connectivity index (χ0v) is 12.6. The molecule has 1 heterocycles. The van der Waals surface area contributed by atoms with Crippen molar-refractivity contribution in [2.45, 2.75) is 23.8 Å². The third-order valence-corrected chi connectivity index (χ3v) is 4.23.